The molecule has 0 spiro atoms. The Bertz CT molecular complexity index is 860. The largest absolute Gasteiger partial charge is 0.444 e. The number of benzene rings is 1. The van der Waals surface area contributed by atoms with Crippen molar-refractivity contribution in [1.29, 1.82) is 0 Å². The number of amides is 2. The monoisotopic (exact) mass is 359 g/mol. The van der Waals surface area contributed by atoms with E-state index in [1.54, 1.807) is 18.2 Å². The second-order valence-electron chi connectivity index (χ2n) is 4.40. The van der Waals surface area contributed by atoms with E-state index in [0.717, 1.165) is 5.39 Å². The highest BCUT2D eigenvalue weighted by Crippen LogP contribution is 2.14. The Morgan fingerprint density at radius 2 is 1.73 bits per heavy atom. The minimum Gasteiger partial charge on any atom is -0.444 e. The number of hydrogen-bond acceptors (Lipinski definition) is 4. The molecule has 0 saturated heterocycles. The third-order valence-electron chi connectivity index (χ3n) is 2.92. The summed E-state index contributed by atoms with van der Waals surface area (Å²) in [5.41, 5.74) is 5.47. The number of aromatic nitrogens is 1. The molecule has 0 aliphatic heterocycles. The highest BCUT2D eigenvalue weighted by Gasteiger charge is 2.13. The Labute approximate surface area is 133 Å². The molecule has 2 N–H and O–H groups in total. The summed E-state index contributed by atoms with van der Waals surface area (Å²) in [6, 6.07) is 13.9. The maximum atomic E-state index is 12.0. The molecule has 7 heteroatoms. The van der Waals surface area contributed by atoms with Gasteiger partial charge < -0.3 is 4.42 Å². The lowest BCUT2D eigenvalue weighted by atomic mass is 10.2. The van der Waals surface area contributed by atoms with Crippen molar-refractivity contribution in [2.24, 2.45) is 0 Å². The Balaban J connectivity index is 1.69. The van der Waals surface area contributed by atoms with Gasteiger partial charge in [0.05, 0.1) is 5.52 Å². The molecule has 2 amide bonds. The normalized spacial score (nSPS) is 10.4. The van der Waals surface area contributed by atoms with Gasteiger partial charge in [0.1, 0.15) is 5.69 Å². The van der Waals surface area contributed by atoms with Crippen LogP contribution in [0.15, 0.2) is 57.6 Å². The van der Waals surface area contributed by atoms with Crippen molar-refractivity contribution in [2.45, 2.75) is 0 Å². The van der Waals surface area contributed by atoms with Gasteiger partial charge in [0.15, 0.2) is 10.4 Å². The number of halogens is 1. The van der Waals surface area contributed by atoms with Crippen molar-refractivity contribution in [1.82, 2.24) is 15.8 Å². The number of nitrogens with one attached hydrogen (secondary N) is 2. The molecule has 2 aromatic heterocycles. The maximum absolute atomic E-state index is 12.0. The van der Waals surface area contributed by atoms with Crippen molar-refractivity contribution < 1.29 is 14.0 Å². The van der Waals surface area contributed by atoms with Crippen LogP contribution in [0.5, 0.6) is 0 Å². The number of para-hydroxylation sites is 1. The lowest BCUT2D eigenvalue weighted by Gasteiger charge is -2.06. The molecule has 0 bridgehead atoms. The summed E-state index contributed by atoms with van der Waals surface area (Å²) in [7, 11) is 0. The molecule has 6 nitrogen and oxygen atoms in total. The van der Waals surface area contributed by atoms with Crippen molar-refractivity contribution in [3.8, 4) is 0 Å². The fourth-order valence-electron chi connectivity index (χ4n) is 1.87. The summed E-state index contributed by atoms with van der Waals surface area (Å²) in [6.07, 6.45) is 0. The molecule has 0 atom stereocenters. The average molecular weight is 360 g/mol. The van der Waals surface area contributed by atoms with Crippen LogP contribution in [-0.4, -0.2) is 16.8 Å². The van der Waals surface area contributed by atoms with Gasteiger partial charge in [-0.05, 0) is 40.2 Å². The minimum atomic E-state index is -0.556. The average Bonchev–Trinajstić information content (AvgIpc) is 2.98. The SMILES string of the molecule is O=C(NNC(=O)c1ccc(Br)o1)c1ccc2ccccc2n1. The molecule has 2 heterocycles. The van der Waals surface area contributed by atoms with E-state index in [-0.39, 0.29) is 11.5 Å². The zero-order valence-corrected chi connectivity index (χ0v) is 12.8. The van der Waals surface area contributed by atoms with Crippen LogP contribution in [0, 0.1) is 0 Å². The number of carbonyl (C=O) groups excluding carboxylic acids is 2. The quantitative estimate of drug-likeness (QED) is 0.689. The van der Waals surface area contributed by atoms with Crippen molar-refractivity contribution >= 4 is 38.6 Å². The predicted octanol–water partition coefficient (Wildman–Crippen LogP) is 2.67. The first-order valence-electron chi connectivity index (χ1n) is 6.35. The van der Waals surface area contributed by atoms with Crippen LogP contribution in [0.25, 0.3) is 10.9 Å². The molecule has 1 aromatic carbocycles. The number of furan rings is 1. The van der Waals surface area contributed by atoms with Gasteiger partial charge in [-0.1, -0.05) is 24.3 Å². The van der Waals surface area contributed by atoms with E-state index >= 15 is 0 Å². The third kappa shape index (κ3) is 2.99. The second-order valence-corrected chi connectivity index (χ2v) is 5.18. The maximum Gasteiger partial charge on any atom is 0.305 e. The van der Waals surface area contributed by atoms with Gasteiger partial charge in [-0.3, -0.25) is 20.4 Å². The van der Waals surface area contributed by atoms with Gasteiger partial charge in [-0.15, -0.1) is 0 Å². The van der Waals surface area contributed by atoms with Crippen LogP contribution in [0.1, 0.15) is 21.0 Å². The van der Waals surface area contributed by atoms with E-state index in [2.05, 4.69) is 31.8 Å². The Hall–Kier alpha value is -2.67. The predicted molar refractivity (Wildman–Crippen MR) is 83.1 cm³/mol. The molecule has 0 fully saturated rings. The second kappa shape index (κ2) is 5.98. The third-order valence-corrected chi connectivity index (χ3v) is 3.34. The zero-order valence-electron chi connectivity index (χ0n) is 11.2. The Morgan fingerprint density at radius 1 is 0.955 bits per heavy atom. The first-order valence-corrected chi connectivity index (χ1v) is 7.14. The summed E-state index contributed by atoms with van der Waals surface area (Å²) in [5.74, 6) is -0.983. The van der Waals surface area contributed by atoms with E-state index in [1.807, 2.05) is 24.3 Å². The van der Waals surface area contributed by atoms with Crippen molar-refractivity contribution in [3.63, 3.8) is 0 Å². The van der Waals surface area contributed by atoms with Crippen LogP contribution in [0.3, 0.4) is 0 Å². The first kappa shape index (κ1) is 14.3. The minimum absolute atomic E-state index is 0.0821. The summed E-state index contributed by atoms with van der Waals surface area (Å²) in [5, 5.41) is 0.934. The van der Waals surface area contributed by atoms with Gasteiger partial charge in [0.2, 0.25) is 0 Å². The lowest BCUT2D eigenvalue weighted by molar-refractivity contribution is 0.0828. The standard InChI is InChI=1S/C15H10BrN3O3/c16-13-8-7-12(22-13)15(21)19-18-14(20)11-6-5-9-3-1-2-4-10(9)17-11/h1-8H,(H,18,20)(H,19,21). The van der Waals surface area contributed by atoms with Crippen LogP contribution < -0.4 is 10.9 Å². The van der Waals surface area contributed by atoms with Gasteiger partial charge in [-0.2, -0.15) is 0 Å². The molecule has 110 valence electrons. The van der Waals surface area contributed by atoms with Crippen LogP contribution >= 0.6 is 15.9 Å². The van der Waals surface area contributed by atoms with E-state index in [1.165, 1.54) is 6.07 Å². The van der Waals surface area contributed by atoms with Crippen LogP contribution in [-0.2, 0) is 0 Å². The van der Waals surface area contributed by atoms with E-state index in [4.69, 9.17) is 4.42 Å². The molecule has 0 saturated carbocycles. The van der Waals surface area contributed by atoms with Crippen LogP contribution in [0.4, 0.5) is 0 Å². The highest BCUT2D eigenvalue weighted by atomic mass is 79.9. The number of hydrogen-bond donors (Lipinski definition) is 2. The fraction of sp³-hybridized carbons (Fsp3) is 0. The molecule has 0 aliphatic rings. The number of fused-ring (bicyclic) bond motifs is 1. The summed E-state index contributed by atoms with van der Waals surface area (Å²) in [6.45, 7) is 0. The molecule has 22 heavy (non-hydrogen) atoms. The summed E-state index contributed by atoms with van der Waals surface area (Å²) in [4.78, 5) is 28.0. The Morgan fingerprint density at radius 3 is 2.50 bits per heavy atom. The molecular formula is C15H10BrN3O3. The molecule has 0 aliphatic carbocycles. The summed E-state index contributed by atoms with van der Waals surface area (Å²) < 4.78 is 5.51. The smallest absolute Gasteiger partial charge is 0.305 e. The lowest BCUT2D eigenvalue weighted by Crippen LogP contribution is -2.41. The number of nitrogens with zero attached hydrogens (tertiary/aromatic N) is 1. The highest BCUT2D eigenvalue weighted by molar-refractivity contribution is 9.10. The molecular weight excluding hydrogens is 350 g/mol. The topological polar surface area (TPSA) is 84.2 Å². The van der Waals surface area contributed by atoms with Crippen LogP contribution in [0.2, 0.25) is 0 Å². The summed E-state index contributed by atoms with van der Waals surface area (Å²) >= 11 is 3.10. The number of carbonyl (C=O) groups is 2. The zero-order chi connectivity index (χ0) is 15.5. The van der Waals surface area contributed by atoms with Crippen molar-refractivity contribution in [3.05, 3.63) is 64.7 Å². The number of rotatable bonds is 2. The molecule has 0 unspecified atom stereocenters. The number of hydrazine groups is 1. The van der Waals surface area contributed by atoms with Gasteiger partial charge in [0.25, 0.3) is 5.91 Å². The fourth-order valence-corrected chi connectivity index (χ4v) is 2.17. The van der Waals surface area contributed by atoms with Gasteiger partial charge >= 0.3 is 5.91 Å². The van der Waals surface area contributed by atoms with E-state index in [9.17, 15) is 9.59 Å². The molecule has 3 aromatic rings. The van der Waals surface area contributed by atoms with E-state index < -0.39 is 11.8 Å². The number of pyridine rings is 1. The van der Waals surface area contributed by atoms with Crippen molar-refractivity contribution in [2.75, 3.05) is 0 Å². The first-order chi connectivity index (χ1) is 10.6. The van der Waals surface area contributed by atoms with Gasteiger partial charge in [0, 0.05) is 5.39 Å². The molecule has 0 radical (unpaired) electrons. The Kier molecular flexibility index (Phi) is 3.88. The molecule has 3 rings (SSSR count). The van der Waals surface area contributed by atoms with E-state index in [0.29, 0.717) is 10.2 Å². The van der Waals surface area contributed by atoms with Gasteiger partial charge in [-0.25, -0.2) is 4.98 Å².